The van der Waals surface area contributed by atoms with Gasteiger partial charge in [0.25, 0.3) is 0 Å². The summed E-state index contributed by atoms with van der Waals surface area (Å²) in [5.41, 5.74) is 9.72. The normalized spacial score (nSPS) is 11.4. The van der Waals surface area contributed by atoms with Gasteiger partial charge in [-0.2, -0.15) is 5.10 Å². The van der Waals surface area contributed by atoms with Crippen LogP contribution in [0.25, 0.3) is 34.2 Å². The standard InChI is InChI=1S/C18H14N6O/c19-16(25)7-6-12-8-20-18-17(12)23-15(10-21-18)13-9-22-24(11-13)14-4-2-1-3-5-14/h1-11H,(H2,19,25)(H,20,21). The molecule has 4 rings (SSSR count). The highest BCUT2D eigenvalue weighted by Gasteiger charge is 2.09. The molecule has 0 saturated carbocycles. The van der Waals surface area contributed by atoms with Crippen molar-refractivity contribution in [1.82, 2.24) is 24.7 Å². The summed E-state index contributed by atoms with van der Waals surface area (Å²) in [4.78, 5) is 23.0. The zero-order chi connectivity index (χ0) is 17.2. The molecule has 0 aliphatic rings. The summed E-state index contributed by atoms with van der Waals surface area (Å²) in [5, 5.41) is 4.38. The van der Waals surface area contributed by atoms with Crippen LogP contribution in [-0.2, 0) is 4.79 Å². The molecule has 7 heteroatoms. The lowest BCUT2D eigenvalue weighted by atomic mass is 10.2. The van der Waals surface area contributed by atoms with Crippen LogP contribution in [0.3, 0.4) is 0 Å². The smallest absolute Gasteiger partial charge is 0.241 e. The zero-order valence-electron chi connectivity index (χ0n) is 13.1. The quantitative estimate of drug-likeness (QED) is 0.560. The summed E-state index contributed by atoms with van der Waals surface area (Å²) < 4.78 is 1.78. The van der Waals surface area contributed by atoms with Gasteiger partial charge < -0.3 is 10.7 Å². The Labute approximate surface area is 142 Å². The van der Waals surface area contributed by atoms with E-state index < -0.39 is 5.91 Å². The van der Waals surface area contributed by atoms with Crippen molar-refractivity contribution >= 4 is 23.1 Å². The molecule has 0 fully saturated rings. The number of amides is 1. The summed E-state index contributed by atoms with van der Waals surface area (Å²) in [7, 11) is 0. The van der Waals surface area contributed by atoms with Crippen molar-refractivity contribution in [2.45, 2.75) is 0 Å². The number of benzene rings is 1. The summed E-state index contributed by atoms with van der Waals surface area (Å²) in [6, 6.07) is 9.83. The fourth-order valence-electron chi connectivity index (χ4n) is 2.53. The molecule has 0 aliphatic heterocycles. The predicted octanol–water partition coefficient (Wildman–Crippen LogP) is 2.31. The summed E-state index contributed by atoms with van der Waals surface area (Å²) >= 11 is 0. The van der Waals surface area contributed by atoms with Gasteiger partial charge in [0.1, 0.15) is 5.52 Å². The number of para-hydroxylation sites is 1. The molecule has 1 aromatic carbocycles. The van der Waals surface area contributed by atoms with Crippen molar-refractivity contribution in [3.8, 4) is 16.9 Å². The number of aromatic nitrogens is 5. The largest absolute Gasteiger partial charge is 0.366 e. The van der Waals surface area contributed by atoms with Gasteiger partial charge in [-0.05, 0) is 18.2 Å². The van der Waals surface area contributed by atoms with E-state index in [2.05, 4.69) is 20.1 Å². The van der Waals surface area contributed by atoms with E-state index in [0.29, 0.717) is 16.9 Å². The first-order valence-electron chi connectivity index (χ1n) is 7.63. The number of nitrogens with two attached hydrogens (primary N) is 1. The second-order valence-corrected chi connectivity index (χ2v) is 5.44. The first kappa shape index (κ1) is 14.8. The fourth-order valence-corrected chi connectivity index (χ4v) is 2.53. The van der Waals surface area contributed by atoms with E-state index in [0.717, 1.165) is 16.8 Å². The molecule has 122 valence electrons. The summed E-state index contributed by atoms with van der Waals surface area (Å²) in [6.45, 7) is 0. The Bertz CT molecular complexity index is 1080. The number of hydrogen-bond acceptors (Lipinski definition) is 4. The van der Waals surface area contributed by atoms with E-state index in [-0.39, 0.29) is 0 Å². The molecular formula is C18H14N6O. The van der Waals surface area contributed by atoms with Crippen molar-refractivity contribution in [2.75, 3.05) is 0 Å². The predicted molar refractivity (Wildman–Crippen MR) is 94.7 cm³/mol. The lowest BCUT2D eigenvalue weighted by molar-refractivity contribution is -0.113. The van der Waals surface area contributed by atoms with E-state index in [1.807, 2.05) is 36.5 Å². The lowest BCUT2D eigenvalue weighted by Crippen LogP contribution is -2.05. The Balaban J connectivity index is 1.73. The van der Waals surface area contributed by atoms with Crippen molar-refractivity contribution in [1.29, 1.82) is 0 Å². The van der Waals surface area contributed by atoms with Gasteiger partial charge in [0.2, 0.25) is 5.91 Å². The molecule has 0 aliphatic carbocycles. The van der Waals surface area contributed by atoms with Crippen LogP contribution < -0.4 is 5.73 Å². The fraction of sp³-hybridized carbons (Fsp3) is 0. The molecule has 0 spiro atoms. The Hall–Kier alpha value is -3.74. The van der Waals surface area contributed by atoms with Gasteiger partial charge in [-0.3, -0.25) is 4.79 Å². The molecular weight excluding hydrogens is 316 g/mol. The van der Waals surface area contributed by atoms with Crippen LogP contribution >= 0.6 is 0 Å². The Morgan fingerprint density at radius 1 is 1.20 bits per heavy atom. The minimum Gasteiger partial charge on any atom is -0.366 e. The third-order valence-corrected chi connectivity index (χ3v) is 3.74. The number of carbonyl (C=O) groups excluding carboxylic acids is 1. The molecule has 0 radical (unpaired) electrons. The highest BCUT2D eigenvalue weighted by atomic mass is 16.1. The number of H-pyrrole nitrogens is 1. The summed E-state index contributed by atoms with van der Waals surface area (Å²) in [5.74, 6) is -0.511. The highest BCUT2D eigenvalue weighted by Crippen LogP contribution is 2.22. The van der Waals surface area contributed by atoms with Gasteiger partial charge in [0, 0.05) is 29.6 Å². The number of rotatable bonds is 4. The van der Waals surface area contributed by atoms with E-state index in [9.17, 15) is 4.79 Å². The maximum Gasteiger partial charge on any atom is 0.241 e. The average molecular weight is 330 g/mol. The summed E-state index contributed by atoms with van der Waals surface area (Å²) in [6.07, 6.45) is 9.98. The van der Waals surface area contributed by atoms with Crippen LogP contribution in [0, 0.1) is 0 Å². The third-order valence-electron chi connectivity index (χ3n) is 3.74. The third kappa shape index (κ3) is 2.90. The van der Waals surface area contributed by atoms with Crippen LogP contribution in [0.1, 0.15) is 5.56 Å². The van der Waals surface area contributed by atoms with E-state index in [1.54, 1.807) is 29.3 Å². The molecule has 4 aromatic rings. The van der Waals surface area contributed by atoms with Crippen molar-refractivity contribution < 1.29 is 4.79 Å². The maximum absolute atomic E-state index is 10.9. The molecule has 0 atom stereocenters. The van der Waals surface area contributed by atoms with Gasteiger partial charge >= 0.3 is 0 Å². The maximum atomic E-state index is 10.9. The van der Waals surface area contributed by atoms with Gasteiger partial charge in [-0.15, -0.1) is 0 Å². The molecule has 0 saturated heterocycles. The van der Waals surface area contributed by atoms with Crippen molar-refractivity contribution in [2.24, 2.45) is 5.73 Å². The Kier molecular flexibility index (Phi) is 3.59. The minimum atomic E-state index is -0.511. The first-order chi connectivity index (χ1) is 12.2. The number of fused-ring (bicyclic) bond motifs is 1. The van der Waals surface area contributed by atoms with E-state index in [4.69, 9.17) is 5.73 Å². The van der Waals surface area contributed by atoms with Crippen LogP contribution in [0.15, 0.2) is 61.2 Å². The Morgan fingerprint density at radius 2 is 2.04 bits per heavy atom. The van der Waals surface area contributed by atoms with E-state index in [1.165, 1.54) is 6.08 Å². The molecule has 3 aromatic heterocycles. The number of primary amides is 1. The monoisotopic (exact) mass is 330 g/mol. The number of nitrogens with zero attached hydrogens (tertiary/aromatic N) is 4. The van der Waals surface area contributed by atoms with Crippen LogP contribution in [0.2, 0.25) is 0 Å². The zero-order valence-corrected chi connectivity index (χ0v) is 13.1. The van der Waals surface area contributed by atoms with Gasteiger partial charge in [0.05, 0.1) is 23.8 Å². The van der Waals surface area contributed by atoms with Crippen molar-refractivity contribution in [3.05, 3.63) is 66.8 Å². The molecule has 1 amide bonds. The molecule has 0 unspecified atom stereocenters. The lowest BCUT2D eigenvalue weighted by Gasteiger charge is -1.99. The number of aromatic amines is 1. The molecule has 25 heavy (non-hydrogen) atoms. The molecule has 0 bridgehead atoms. The molecule has 3 N–H and O–H groups in total. The van der Waals surface area contributed by atoms with E-state index >= 15 is 0 Å². The molecule has 3 heterocycles. The first-order valence-corrected chi connectivity index (χ1v) is 7.63. The Morgan fingerprint density at radius 3 is 2.84 bits per heavy atom. The number of carbonyl (C=O) groups is 1. The minimum absolute atomic E-state index is 0.511. The van der Waals surface area contributed by atoms with Crippen LogP contribution in [0.4, 0.5) is 0 Å². The second-order valence-electron chi connectivity index (χ2n) is 5.44. The number of hydrogen-bond donors (Lipinski definition) is 2. The van der Waals surface area contributed by atoms with Gasteiger partial charge in [-0.1, -0.05) is 18.2 Å². The van der Waals surface area contributed by atoms with Gasteiger partial charge in [0.15, 0.2) is 5.65 Å². The second kappa shape index (κ2) is 6.04. The van der Waals surface area contributed by atoms with Crippen LogP contribution in [0.5, 0.6) is 0 Å². The number of nitrogens with one attached hydrogen (secondary N) is 1. The highest BCUT2D eigenvalue weighted by molar-refractivity contribution is 5.93. The van der Waals surface area contributed by atoms with Gasteiger partial charge in [-0.25, -0.2) is 14.6 Å². The SMILES string of the molecule is NC(=O)C=Cc1c[nH]c2ncc(-c3cnn(-c4ccccc4)c3)nc12. The van der Waals surface area contributed by atoms with Crippen LogP contribution in [-0.4, -0.2) is 30.6 Å². The topological polar surface area (TPSA) is 102 Å². The van der Waals surface area contributed by atoms with Crippen molar-refractivity contribution in [3.63, 3.8) is 0 Å². The average Bonchev–Trinajstić information content (AvgIpc) is 3.27. The molecule has 7 nitrogen and oxygen atoms in total.